The Hall–Kier alpha value is -2.15. The Morgan fingerprint density at radius 2 is 2.15 bits per heavy atom. The van der Waals surface area contributed by atoms with Gasteiger partial charge in [0.25, 0.3) is 5.89 Å². The quantitative estimate of drug-likeness (QED) is 0.653. The molecule has 1 heterocycles. The van der Waals surface area contributed by atoms with E-state index >= 15 is 0 Å². The molecule has 0 aliphatic carbocycles. The molecule has 62 valence electrons. The summed E-state index contributed by atoms with van der Waals surface area (Å²) in [4.78, 5) is 3.87. The number of hydrogen-bond donors (Lipinski definition) is 0. The molecule has 4 nitrogen and oxygen atoms in total. The second-order valence-corrected chi connectivity index (χ2v) is 2.40. The average Bonchev–Trinajstić information content (AvgIpc) is 2.70. The van der Waals surface area contributed by atoms with Gasteiger partial charge in [-0.25, -0.2) is 0 Å². The number of aromatic nitrogens is 2. The summed E-state index contributed by atoms with van der Waals surface area (Å²) in [6.07, 6.45) is 1.31. The first-order chi connectivity index (χ1) is 6.42. The third-order valence-electron chi connectivity index (χ3n) is 1.64. The van der Waals surface area contributed by atoms with Crippen LogP contribution >= 0.6 is 0 Å². The lowest BCUT2D eigenvalue weighted by Gasteiger charge is -1.95. The topological polar surface area (TPSA) is 62.7 Å². The Kier molecular flexibility index (Phi) is 1.77. The molecule has 4 heteroatoms. The standard InChI is InChI=1S/C9H5N3O/c10-5-7-3-1-2-4-8(7)9-11-6-12-13-9/h1-4,6H. The van der Waals surface area contributed by atoms with Gasteiger partial charge in [0.15, 0.2) is 6.33 Å². The van der Waals surface area contributed by atoms with Gasteiger partial charge in [-0.05, 0) is 12.1 Å². The summed E-state index contributed by atoms with van der Waals surface area (Å²) in [5, 5.41) is 12.3. The molecule has 0 fully saturated rings. The Morgan fingerprint density at radius 3 is 2.85 bits per heavy atom. The van der Waals surface area contributed by atoms with E-state index in [-0.39, 0.29) is 0 Å². The molecule has 0 unspecified atom stereocenters. The van der Waals surface area contributed by atoms with Crippen LogP contribution in [0.15, 0.2) is 35.1 Å². The largest absolute Gasteiger partial charge is 0.334 e. The van der Waals surface area contributed by atoms with Crippen LogP contribution in [-0.2, 0) is 0 Å². The third kappa shape index (κ3) is 1.27. The number of rotatable bonds is 1. The lowest BCUT2D eigenvalue weighted by atomic mass is 10.1. The second kappa shape index (κ2) is 3.07. The normalized spacial score (nSPS) is 9.46. The summed E-state index contributed by atoms with van der Waals surface area (Å²) in [7, 11) is 0. The van der Waals surface area contributed by atoms with Crippen molar-refractivity contribution >= 4 is 0 Å². The first kappa shape index (κ1) is 7.50. The van der Waals surface area contributed by atoms with Crippen molar-refractivity contribution in [3.05, 3.63) is 36.2 Å². The smallest absolute Gasteiger partial charge is 0.258 e. The molecule has 0 amide bonds. The van der Waals surface area contributed by atoms with E-state index < -0.39 is 0 Å². The van der Waals surface area contributed by atoms with Crippen LogP contribution in [0.5, 0.6) is 0 Å². The lowest BCUT2D eigenvalue weighted by molar-refractivity contribution is 0.430. The van der Waals surface area contributed by atoms with E-state index in [1.54, 1.807) is 18.2 Å². The molecule has 0 atom stereocenters. The highest BCUT2D eigenvalue weighted by Gasteiger charge is 2.07. The van der Waals surface area contributed by atoms with E-state index in [1.165, 1.54) is 6.33 Å². The van der Waals surface area contributed by atoms with Gasteiger partial charge >= 0.3 is 0 Å². The van der Waals surface area contributed by atoms with Crippen LogP contribution < -0.4 is 0 Å². The van der Waals surface area contributed by atoms with E-state index in [4.69, 9.17) is 9.78 Å². The predicted octanol–water partition coefficient (Wildman–Crippen LogP) is 1.61. The summed E-state index contributed by atoms with van der Waals surface area (Å²) in [6.45, 7) is 0. The zero-order chi connectivity index (χ0) is 9.10. The number of hydrogen-bond acceptors (Lipinski definition) is 4. The minimum absolute atomic E-state index is 0.372. The molecule has 0 saturated carbocycles. The zero-order valence-corrected chi connectivity index (χ0v) is 6.64. The van der Waals surface area contributed by atoms with Crippen molar-refractivity contribution in [2.24, 2.45) is 0 Å². The highest BCUT2D eigenvalue weighted by Crippen LogP contribution is 2.19. The van der Waals surface area contributed by atoms with Crippen molar-refractivity contribution in [1.82, 2.24) is 10.1 Å². The Morgan fingerprint density at radius 1 is 1.31 bits per heavy atom. The van der Waals surface area contributed by atoms with Crippen molar-refractivity contribution in [2.45, 2.75) is 0 Å². The molecule has 0 spiro atoms. The van der Waals surface area contributed by atoms with Gasteiger partial charge in [-0.2, -0.15) is 10.2 Å². The van der Waals surface area contributed by atoms with Gasteiger partial charge in [-0.3, -0.25) is 0 Å². The van der Waals surface area contributed by atoms with Gasteiger partial charge in [0.1, 0.15) is 0 Å². The van der Waals surface area contributed by atoms with E-state index in [9.17, 15) is 0 Å². The van der Waals surface area contributed by atoms with Gasteiger partial charge in [-0.1, -0.05) is 17.3 Å². The fraction of sp³-hybridized carbons (Fsp3) is 0. The molecule has 1 aromatic heterocycles. The van der Waals surface area contributed by atoms with Crippen LogP contribution in [0.25, 0.3) is 11.5 Å². The zero-order valence-electron chi connectivity index (χ0n) is 6.64. The summed E-state index contributed by atoms with van der Waals surface area (Å²) in [5.41, 5.74) is 1.20. The Bertz CT molecular complexity index is 442. The van der Waals surface area contributed by atoms with Crippen LogP contribution in [-0.4, -0.2) is 10.1 Å². The van der Waals surface area contributed by atoms with Crippen LogP contribution in [0.3, 0.4) is 0 Å². The second-order valence-electron chi connectivity index (χ2n) is 2.40. The molecule has 0 radical (unpaired) electrons. The Balaban J connectivity index is 2.59. The molecule has 0 N–H and O–H groups in total. The average molecular weight is 171 g/mol. The molecule has 1 aromatic carbocycles. The van der Waals surface area contributed by atoms with E-state index in [2.05, 4.69) is 16.2 Å². The van der Waals surface area contributed by atoms with Crippen molar-refractivity contribution < 1.29 is 4.52 Å². The van der Waals surface area contributed by atoms with Crippen molar-refractivity contribution in [2.75, 3.05) is 0 Å². The monoisotopic (exact) mass is 171 g/mol. The van der Waals surface area contributed by atoms with Gasteiger partial charge in [0, 0.05) is 0 Å². The van der Waals surface area contributed by atoms with Gasteiger partial charge in [0.2, 0.25) is 0 Å². The number of nitrogens with zero attached hydrogens (tertiary/aromatic N) is 3. The van der Waals surface area contributed by atoms with Crippen LogP contribution in [0.4, 0.5) is 0 Å². The maximum atomic E-state index is 8.78. The maximum absolute atomic E-state index is 8.78. The van der Waals surface area contributed by atoms with E-state index in [0.717, 1.165) is 0 Å². The first-order valence-electron chi connectivity index (χ1n) is 3.68. The first-order valence-corrected chi connectivity index (χ1v) is 3.68. The summed E-state index contributed by atoms with van der Waals surface area (Å²) >= 11 is 0. The Labute approximate surface area is 74.4 Å². The molecule has 0 aliphatic heterocycles. The molecule has 2 aromatic rings. The number of benzene rings is 1. The molecule has 0 bridgehead atoms. The van der Waals surface area contributed by atoms with E-state index in [1.807, 2.05) is 6.07 Å². The van der Waals surface area contributed by atoms with Crippen molar-refractivity contribution in [1.29, 1.82) is 5.26 Å². The fourth-order valence-electron chi connectivity index (χ4n) is 1.06. The highest BCUT2D eigenvalue weighted by molar-refractivity contribution is 5.62. The van der Waals surface area contributed by atoms with Crippen LogP contribution in [0.2, 0.25) is 0 Å². The lowest BCUT2D eigenvalue weighted by Crippen LogP contribution is -1.82. The van der Waals surface area contributed by atoms with Gasteiger partial charge in [-0.15, -0.1) is 0 Å². The van der Waals surface area contributed by atoms with Gasteiger partial charge < -0.3 is 4.52 Å². The van der Waals surface area contributed by atoms with Crippen LogP contribution in [0, 0.1) is 11.3 Å². The summed E-state index contributed by atoms with van der Waals surface area (Å²) < 4.78 is 4.85. The number of nitriles is 1. The molecule has 2 rings (SSSR count). The molecular weight excluding hydrogens is 166 g/mol. The van der Waals surface area contributed by atoms with Gasteiger partial charge in [0.05, 0.1) is 17.2 Å². The summed E-state index contributed by atoms with van der Waals surface area (Å²) in [5.74, 6) is 0.372. The van der Waals surface area contributed by atoms with Crippen LogP contribution in [0.1, 0.15) is 5.56 Å². The SMILES string of the molecule is N#Cc1ccccc1-c1ncno1. The van der Waals surface area contributed by atoms with Crippen molar-refractivity contribution in [3.8, 4) is 17.5 Å². The maximum Gasteiger partial charge on any atom is 0.258 e. The third-order valence-corrected chi connectivity index (χ3v) is 1.64. The van der Waals surface area contributed by atoms with Crippen molar-refractivity contribution in [3.63, 3.8) is 0 Å². The fourth-order valence-corrected chi connectivity index (χ4v) is 1.06. The highest BCUT2D eigenvalue weighted by atomic mass is 16.5. The minimum atomic E-state index is 0.372. The molecule has 0 saturated heterocycles. The molecule has 0 aliphatic rings. The molecule has 13 heavy (non-hydrogen) atoms. The molecular formula is C9H5N3O. The summed E-state index contributed by atoms with van der Waals surface area (Å²) in [6, 6.07) is 9.14. The predicted molar refractivity (Wildman–Crippen MR) is 44.4 cm³/mol. The minimum Gasteiger partial charge on any atom is -0.334 e. The van der Waals surface area contributed by atoms with E-state index in [0.29, 0.717) is 17.0 Å².